The topological polar surface area (TPSA) is 94.8 Å². The molecule has 0 radical (unpaired) electrons. The Morgan fingerprint density at radius 3 is 2.12 bits per heavy atom. The van der Waals surface area contributed by atoms with E-state index in [-0.39, 0.29) is 6.07 Å². The van der Waals surface area contributed by atoms with Gasteiger partial charge in [0, 0.05) is 11.6 Å². The van der Waals surface area contributed by atoms with E-state index in [9.17, 15) is 18.4 Å². The molecule has 0 bridgehead atoms. The second-order valence-electron chi connectivity index (χ2n) is 2.90. The second kappa shape index (κ2) is 4.23. The minimum atomic E-state index is -2.24. The zero-order valence-corrected chi connectivity index (χ0v) is 7.65. The van der Waals surface area contributed by atoms with Crippen LogP contribution >= 0.6 is 0 Å². The zero-order valence-electron chi connectivity index (χ0n) is 7.65. The number of carbonyl (C=O) groups is 2. The highest BCUT2D eigenvalue weighted by atomic mass is 19.1. The van der Waals surface area contributed by atoms with Gasteiger partial charge in [-0.3, -0.25) is 0 Å². The Bertz CT molecular complexity index is 457. The number of rotatable bonds is 3. The molecule has 5 nitrogen and oxygen atoms in total. The predicted molar refractivity (Wildman–Crippen MR) is 45.9 cm³/mol. The first-order chi connectivity index (χ1) is 7.34. The molecule has 0 fully saturated rings. The van der Waals surface area contributed by atoms with E-state index < -0.39 is 40.8 Å². The summed E-state index contributed by atoms with van der Waals surface area (Å²) in [5.41, 5.74) is -1.71. The lowest BCUT2D eigenvalue weighted by atomic mass is 10.0. The van der Waals surface area contributed by atoms with Gasteiger partial charge in [-0.15, -0.1) is 0 Å². The fourth-order valence-corrected chi connectivity index (χ4v) is 1.07. The van der Waals surface area contributed by atoms with Crippen molar-refractivity contribution in [3.8, 4) is 0 Å². The third kappa shape index (κ3) is 2.14. The van der Waals surface area contributed by atoms with Gasteiger partial charge in [-0.2, -0.15) is 0 Å². The smallest absolute Gasteiger partial charge is 0.338 e. The van der Waals surface area contributed by atoms with Crippen molar-refractivity contribution in [1.29, 1.82) is 0 Å². The van der Waals surface area contributed by atoms with Crippen molar-refractivity contribution in [1.82, 2.24) is 0 Å². The molecule has 0 spiro atoms. The average molecular weight is 232 g/mol. The summed E-state index contributed by atoms with van der Waals surface area (Å²) in [5.74, 6) is -6.11. The summed E-state index contributed by atoms with van der Waals surface area (Å²) >= 11 is 0. The SMILES string of the molecule is O=C(O)c1cc(C(O)C(=O)O)c(F)cc1F. The number of aliphatic hydroxyl groups excluding tert-OH is 1. The predicted octanol–water partition coefficient (Wildman–Crippen LogP) is 0.781. The van der Waals surface area contributed by atoms with E-state index in [0.29, 0.717) is 6.07 Å². The van der Waals surface area contributed by atoms with Crippen molar-refractivity contribution in [3.05, 3.63) is 34.9 Å². The van der Waals surface area contributed by atoms with Crippen LogP contribution in [-0.4, -0.2) is 27.3 Å². The third-order valence-electron chi connectivity index (χ3n) is 1.85. The van der Waals surface area contributed by atoms with Crippen molar-refractivity contribution < 1.29 is 33.7 Å². The van der Waals surface area contributed by atoms with Crippen LogP contribution in [0, 0.1) is 11.6 Å². The maximum atomic E-state index is 13.0. The van der Waals surface area contributed by atoms with Crippen molar-refractivity contribution in [2.24, 2.45) is 0 Å². The van der Waals surface area contributed by atoms with Crippen LogP contribution in [0.5, 0.6) is 0 Å². The summed E-state index contributed by atoms with van der Waals surface area (Å²) in [6, 6.07) is 0.663. The minimum Gasteiger partial charge on any atom is -0.479 e. The van der Waals surface area contributed by atoms with Gasteiger partial charge in [-0.05, 0) is 6.07 Å². The van der Waals surface area contributed by atoms with Gasteiger partial charge in [0.2, 0.25) is 0 Å². The summed E-state index contributed by atoms with van der Waals surface area (Å²) in [4.78, 5) is 20.8. The summed E-state index contributed by atoms with van der Waals surface area (Å²) in [7, 11) is 0. The van der Waals surface area contributed by atoms with Crippen molar-refractivity contribution in [2.75, 3.05) is 0 Å². The number of benzene rings is 1. The molecule has 0 heterocycles. The molecule has 7 heteroatoms. The third-order valence-corrected chi connectivity index (χ3v) is 1.85. The lowest BCUT2D eigenvalue weighted by molar-refractivity contribution is -0.147. The van der Waals surface area contributed by atoms with Crippen molar-refractivity contribution in [2.45, 2.75) is 6.10 Å². The van der Waals surface area contributed by atoms with E-state index in [0.717, 1.165) is 0 Å². The molecule has 0 aliphatic carbocycles. The molecule has 3 N–H and O–H groups in total. The van der Waals surface area contributed by atoms with Gasteiger partial charge in [0.1, 0.15) is 11.6 Å². The molecule has 1 aromatic rings. The fraction of sp³-hybridized carbons (Fsp3) is 0.111. The van der Waals surface area contributed by atoms with E-state index in [4.69, 9.17) is 15.3 Å². The number of aliphatic carboxylic acids is 1. The van der Waals surface area contributed by atoms with E-state index >= 15 is 0 Å². The maximum Gasteiger partial charge on any atom is 0.338 e. The molecule has 0 aromatic heterocycles. The molecular weight excluding hydrogens is 226 g/mol. The number of carboxylic acids is 2. The quantitative estimate of drug-likeness (QED) is 0.715. The highest BCUT2D eigenvalue weighted by Crippen LogP contribution is 2.21. The lowest BCUT2D eigenvalue weighted by Crippen LogP contribution is -2.14. The van der Waals surface area contributed by atoms with Crippen LogP contribution in [0.2, 0.25) is 0 Å². The van der Waals surface area contributed by atoms with E-state index in [1.165, 1.54) is 0 Å². The normalized spacial score (nSPS) is 12.2. The van der Waals surface area contributed by atoms with Crippen LogP contribution < -0.4 is 0 Å². The van der Waals surface area contributed by atoms with E-state index in [1.807, 2.05) is 0 Å². The number of aromatic carboxylic acids is 1. The van der Waals surface area contributed by atoms with Crippen molar-refractivity contribution in [3.63, 3.8) is 0 Å². The van der Waals surface area contributed by atoms with E-state index in [2.05, 4.69) is 0 Å². The number of hydrogen-bond donors (Lipinski definition) is 3. The summed E-state index contributed by atoms with van der Waals surface area (Å²) in [6.07, 6.45) is -2.24. The number of carboxylic acid groups (broad SMARTS) is 2. The molecule has 0 aliphatic rings. The van der Waals surface area contributed by atoms with Crippen LogP contribution in [0.1, 0.15) is 22.0 Å². The number of hydrogen-bond acceptors (Lipinski definition) is 3. The van der Waals surface area contributed by atoms with Gasteiger partial charge in [-0.1, -0.05) is 0 Å². The molecule has 1 atom stereocenters. The van der Waals surface area contributed by atoms with Crippen LogP contribution in [0.3, 0.4) is 0 Å². The maximum absolute atomic E-state index is 13.0. The first kappa shape index (κ1) is 12.1. The summed E-state index contributed by atoms with van der Waals surface area (Å²) < 4.78 is 25.9. The number of aliphatic hydroxyl groups is 1. The van der Waals surface area contributed by atoms with Gasteiger partial charge >= 0.3 is 11.9 Å². The standard InChI is InChI=1S/C9H6F2O5/c10-5-2-6(11)4(8(13)14)1-3(5)7(12)9(15)16/h1-2,7,12H,(H,13,14)(H,15,16). The van der Waals surface area contributed by atoms with Crippen LogP contribution in [0.4, 0.5) is 8.78 Å². The van der Waals surface area contributed by atoms with Gasteiger partial charge < -0.3 is 15.3 Å². The Hall–Kier alpha value is -2.02. The first-order valence-corrected chi connectivity index (χ1v) is 3.97. The molecule has 0 amide bonds. The van der Waals surface area contributed by atoms with Crippen molar-refractivity contribution >= 4 is 11.9 Å². The lowest BCUT2D eigenvalue weighted by Gasteiger charge is -2.08. The minimum absolute atomic E-state index is 0.213. The van der Waals surface area contributed by atoms with Crippen LogP contribution in [0.15, 0.2) is 12.1 Å². The monoisotopic (exact) mass is 232 g/mol. The Kier molecular flexibility index (Phi) is 3.19. The highest BCUT2D eigenvalue weighted by Gasteiger charge is 2.24. The average Bonchev–Trinajstić information content (AvgIpc) is 2.16. The largest absolute Gasteiger partial charge is 0.479 e. The molecule has 0 saturated carbocycles. The van der Waals surface area contributed by atoms with Gasteiger partial charge in [0.15, 0.2) is 6.10 Å². The molecule has 0 aliphatic heterocycles. The molecule has 16 heavy (non-hydrogen) atoms. The van der Waals surface area contributed by atoms with Gasteiger partial charge in [-0.25, -0.2) is 18.4 Å². The van der Waals surface area contributed by atoms with Gasteiger partial charge in [0.25, 0.3) is 0 Å². The molecule has 1 unspecified atom stereocenters. The first-order valence-electron chi connectivity index (χ1n) is 3.97. The zero-order chi connectivity index (χ0) is 12.5. The van der Waals surface area contributed by atoms with Crippen LogP contribution in [-0.2, 0) is 4.79 Å². The Morgan fingerprint density at radius 1 is 1.12 bits per heavy atom. The Balaban J connectivity index is 3.35. The van der Waals surface area contributed by atoms with Crippen LogP contribution in [0.25, 0.3) is 0 Å². The second-order valence-corrected chi connectivity index (χ2v) is 2.90. The molecule has 1 rings (SSSR count). The molecule has 0 saturated heterocycles. The highest BCUT2D eigenvalue weighted by molar-refractivity contribution is 5.88. The summed E-state index contributed by atoms with van der Waals surface area (Å²) in [5, 5.41) is 25.9. The fourth-order valence-electron chi connectivity index (χ4n) is 1.07. The summed E-state index contributed by atoms with van der Waals surface area (Å²) in [6.45, 7) is 0. The molecule has 1 aromatic carbocycles. The Labute approximate surface area is 87.6 Å². The molecular formula is C9H6F2O5. The Morgan fingerprint density at radius 2 is 1.69 bits per heavy atom. The van der Waals surface area contributed by atoms with Gasteiger partial charge in [0.05, 0.1) is 5.56 Å². The van der Waals surface area contributed by atoms with E-state index in [1.54, 1.807) is 0 Å². The number of halogens is 2. The molecule has 86 valence electrons.